The summed E-state index contributed by atoms with van der Waals surface area (Å²) in [4.78, 5) is 4.40. The van der Waals surface area contributed by atoms with Crippen LogP contribution in [0.2, 0.25) is 5.02 Å². The molecule has 0 atom stereocenters. The molecule has 0 aliphatic heterocycles. The maximum Gasteiger partial charge on any atom is 0.161 e. The van der Waals surface area contributed by atoms with Crippen molar-refractivity contribution in [2.45, 2.75) is 6.54 Å². The quantitative estimate of drug-likeness (QED) is 0.537. The van der Waals surface area contributed by atoms with E-state index in [9.17, 15) is 5.11 Å². The number of aromatic nitrogens is 3. The Balaban J connectivity index is 1.65. The number of methoxy groups -OCH3 is 1. The van der Waals surface area contributed by atoms with E-state index >= 15 is 0 Å². The summed E-state index contributed by atoms with van der Waals surface area (Å²) in [6.45, 7) is 0.607. The molecule has 0 saturated carbocycles. The van der Waals surface area contributed by atoms with E-state index in [1.807, 2.05) is 36.4 Å². The van der Waals surface area contributed by atoms with Crippen molar-refractivity contribution in [1.82, 2.24) is 14.6 Å². The number of hydrogen-bond acceptors (Lipinski definition) is 5. The van der Waals surface area contributed by atoms with Gasteiger partial charge in [0.2, 0.25) is 0 Å². The SMILES string of the molecule is COc1cc(-c2cnc3ccc(NCc4cccc(Cl)c4)nn23)ccc1O. The third kappa shape index (κ3) is 3.52. The number of phenols is 1. The number of nitrogens with zero attached hydrogens (tertiary/aromatic N) is 3. The predicted molar refractivity (Wildman–Crippen MR) is 105 cm³/mol. The summed E-state index contributed by atoms with van der Waals surface area (Å²) < 4.78 is 6.95. The summed E-state index contributed by atoms with van der Waals surface area (Å²) in [6, 6.07) is 16.6. The van der Waals surface area contributed by atoms with Gasteiger partial charge in [-0.2, -0.15) is 0 Å². The topological polar surface area (TPSA) is 71.7 Å². The van der Waals surface area contributed by atoms with Crippen molar-refractivity contribution in [1.29, 1.82) is 0 Å². The minimum atomic E-state index is 0.0897. The van der Waals surface area contributed by atoms with Gasteiger partial charge in [-0.25, -0.2) is 9.50 Å². The van der Waals surface area contributed by atoms with E-state index in [4.69, 9.17) is 16.3 Å². The van der Waals surface area contributed by atoms with Crippen molar-refractivity contribution in [3.8, 4) is 22.8 Å². The van der Waals surface area contributed by atoms with E-state index in [1.54, 1.807) is 28.9 Å². The lowest BCUT2D eigenvalue weighted by molar-refractivity contribution is 0.373. The molecule has 0 radical (unpaired) electrons. The first kappa shape index (κ1) is 17.2. The van der Waals surface area contributed by atoms with Gasteiger partial charge in [-0.05, 0) is 48.0 Å². The number of phenolic OH excluding ortho intramolecular Hbond substituents is 1. The van der Waals surface area contributed by atoms with Crippen LogP contribution >= 0.6 is 11.6 Å². The zero-order valence-electron chi connectivity index (χ0n) is 14.6. The maximum absolute atomic E-state index is 9.81. The minimum absolute atomic E-state index is 0.0897. The number of aromatic hydroxyl groups is 1. The average Bonchev–Trinajstić information content (AvgIpc) is 3.10. The standard InChI is InChI=1S/C20H17ClN4O2/c1-27-18-10-14(5-6-17(18)26)16-12-23-20-8-7-19(24-25(16)20)22-11-13-3-2-4-15(21)9-13/h2-10,12,26H,11H2,1H3,(H,22,24). The number of ether oxygens (including phenoxy) is 1. The Bertz CT molecular complexity index is 1110. The highest BCUT2D eigenvalue weighted by molar-refractivity contribution is 6.30. The number of hydrogen-bond donors (Lipinski definition) is 2. The molecule has 0 spiro atoms. The van der Waals surface area contributed by atoms with Crippen LogP contribution in [0.4, 0.5) is 5.82 Å². The fourth-order valence-corrected chi connectivity index (χ4v) is 3.05. The number of anilines is 1. The van der Waals surface area contributed by atoms with Crippen molar-refractivity contribution < 1.29 is 9.84 Å². The van der Waals surface area contributed by atoms with Crippen molar-refractivity contribution >= 4 is 23.1 Å². The fraction of sp³-hybridized carbons (Fsp3) is 0.100. The molecule has 2 N–H and O–H groups in total. The Kier molecular flexibility index (Phi) is 4.56. The van der Waals surface area contributed by atoms with Gasteiger partial charge >= 0.3 is 0 Å². The number of fused-ring (bicyclic) bond motifs is 1. The molecule has 0 aliphatic carbocycles. The van der Waals surface area contributed by atoms with Gasteiger partial charge in [0.05, 0.1) is 19.0 Å². The van der Waals surface area contributed by atoms with Gasteiger partial charge in [0, 0.05) is 17.1 Å². The second-order valence-electron chi connectivity index (χ2n) is 6.00. The van der Waals surface area contributed by atoms with Crippen molar-refractivity contribution in [3.63, 3.8) is 0 Å². The predicted octanol–water partition coefficient (Wildman–Crippen LogP) is 4.38. The first-order valence-corrected chi connectivity index (χ1v) is 8.72. The normalized spacial score (nSPS) is 10.9. The highest BCUT2D eigenvalue weighted by Gasteiger charge is 2.11. The molecule has 0 amide bonds. The van der Waals surface area contributed by atoms with E-state index in [2.05, 4.69) is 15.4 Å². The molecular weight excluding hydrogens is 364 g/mol. The summed E-state index contributed by atoms with van der Waals surface area (Å²) in [6.07, 6.45) is 1.74. The second-order valence-corrected chi connectivity index (χ2v) is 6.44. The van der Waals surface area contributed by atoms with Crippen molar-refractivity contribution in [2.75, 3.05) is 12.4 Å². The van der Waals surface area contributed by atoms with Crippen LogP contribution in [-0.2, 0) is 6.54 Å². The Morgan fingerprint density at radius 1 is 1.15 bits per heavy atom. The van der Waals surface area contributed by atoms with Crippen LogP contribution in [-0.4, -0.2) is 26.8 Å². The van der Waals surface area contributed by atoms with Crippen LogP contribution in [0, 0.1) is 0 Å². The molecule has 4 rings (SSSR count). The van der Waals surface area contributed by atoms with Gasteiger partial charge < -0.3 is 15.2 Å². The van der Waals surface area contributed by atoms with Crippen LogP contribution in [0.1, 0.15) is 5.56 Å². The van der Waals surface area contributed by atoms with Crippen LogP contribution in [0.3, 0.4) is 0 Å². The first-order valence-electron chi connectivity index (χ1n) is 8.34. The molecule has 27 heavy (non-hydrogen) atoms. The second kappa shape index (κ2) is 7.17. The van der Waals surface area contributed by atoms with Crippen LogP contribution in [0.15, 0.2) is 60.8 Å². The van der Waals surface area contributed by atoms with E-state index in [0.29, 0.717) is 23.1 Å². The van der Waals surface area contributed by atoms with Crippen LogP contribution in [0.25, 0.3) is 16.9 Å². The van der Waals surface area contributed by atoms with Crippen molar-refractivity contribution in [3.05, 3.63) is 71.4 Å². The van der Waals surface area contributed by atoms with E-state index < -0.39 is 0 Å². The monoisotopic (exact) mass is 380 g/mol. The number of halogens is 1. The summed E-state index contributed by atoms with van der Waals surface area (Å²) >= 11 is 6.03. The molecule has 7 heteroatoms. The summed E-state index contributed by atoms with van der Waals surface area (Å²) in [5.41, 5.74) is 3.44. The zero-order chi connectivity index (χ0) is 18.8. The van der Waals surface area contributed by atoms with Gasteiger partial charge in [-0.1, -0.05) is 23.7 Å². The molecule has 2 aromatic carbocycles. The summed E-state index contributed by atoms with van der Waals surface area (Å²) in [5.74, 6) is 1.21. The molecule has 2 heterocycles. The van der Waals surface area contributed by atoms with E-state index in [0.717, 1.165) is 22.5 Å². The molecule has 0 fully saturated rings. The molecular formula is C20H17ClN4O2. The van der Waals surface area contributed by atoms with Gasteiger partial charge in [-0.15, -0.1) is 5.10 Å². The highest BCUT2D eigenvalue weighted by atomic mass is 35.5. The molecule has 4 aromatic rings. The van der Waals surface area contributed by atoms with Crippen LogP contribution < -0.4 is 10.1 Å². The Hall–Kier alpha value is -3.25. The van der Waals surface area contributed by atoms with Gasteiger partial charge in [0.25, 0.3) is 0 Å². The number of rotatable bonds is 5. The summed E-state index contributed by atoms with van der Waals surface area (Å²) in [5, 5.41) is 18.4. The third-order valence-electron chi connectivity index (χ3n) is 4.20. The number of nitrogens with one attached hydrogen (secondary N) is 1. The Morgan fingerprint density at radius 2 is 2.04 bits per heavy atom. The van der Waals surface area contributed by atoms with Gasteiger partial charge in [0.15, 0.2) is 17.1 Å². The number of imidazole rings is 1. The largest absolute Gasteiger partial charge is 0.504 e. The molecule has 0 aliphatic rings. The highest BCUT2D eigenvalue weighted by Crippen LogP contribution is 2.31. The molecule has 0 unspecified atom stereocenters. The maximum atomic E-state index is 9.81. The van der Waals surface area contributed by atoms with Gasteiger partial charge in [-0.3, -0.25) is 0 Å². The molecule has 0 saturated heterocycles. The van der Waals surface area contributed by atoms with E-state index in [-0.39, 0.29) is 5.75 Å². The lowest BCUT2D eigenvalue weighted by Gasteiger charge is -2.09. The Morgan fingerprint density at radius 3 is 2.85 bits per heavy atom. The van der Waals surface area contributed by atoms with Crippen molar-refractivity contribution in [2.24, 2.45) is 0 Å². The smallest absolute Gasteiger partial charge is 0.161 e. The molecule has 6 nitrogen and oxygen atoms in total. The molecule has 2 aromatic heterocycles. The molecule has 0 bridgehead atoms. The number of benzene rings is 2. The lowest BCUT2D eigenvalue weighted by atomic mass is 10.1. The fourth-order valence-electron chi connectivity index (χ4n) is 2.84. The summed E-state index contributed by atoms with van der Waals surface area (Å²) in [7, 11) is 1.52. The lowest BCUT2D eigenvalue weighted by Crippen LogP contribution is -2.04. The zero-order valence-corrected chi connectivity index (χ0v) is 15.3. The first-order chi connectivity index (χ1) is 13.1. The van der Waals surface area contributed by atoms with E-state index in [1.165, 1.54) is 7.11 Å². The molecule has 136 valence electrons. The Labute approximate surface area is 161 Å². The van der Waals surface area contributed by atoms with Crippen LogP contribution in [0.5, 0.6) is 11.5 Å². The van der Waals surface area contributed by atoms with Gasteiger partial charge in [0.1, 0.15) is 5.82 Å². The minimum Gasteiger partial charge on any atom is -0.504 e. The average molecular weight is 381 g/mol. The third-order valence-corrected chi connectivity index (χ3v) is 4.44.